The third-order valence-corrected chi connectivity index (χ3v) is 13.0. The molecule has 0 aromatic carbocycles. The van der Waals surface area contributed by atoms with E-state index in [0.29, 0.717) is 55.1 Å². The van der Waals surface area contributed by atoms with Crippen LogP contribution in [0.4, 0.5) is 0 Å². The molecule has 10 atom stereocenters. The fourth-order valence-electron chi connectivity index (χ4n) is 10.3. The summed E-state index contributed by atoms with van der Waals surface area (Å²) in [4.78, 5) is 15.5. The van der Waals surface area contributed by atoms with Gasteiger partial charge in [-0.15, -0.1) is 0 Å². The molecule has 0 bridgehead atoms. The van der Waals surface area contributed by atoms with Gasteiger partial charge < -0.3 is 30.1 Å². The summed E-state index contributed by atoms with van der Waals surface area (Å²) in [5.74, 6) is 1.78. The summed E-state index contributed by atoms with van der Waals surface area (Å²) in [6.45, 7) is 11.6. The second-order valence-electron chi connectivity index (χ2n) is 16.3. The molecule has 5 aliphatic carbocycles. The van der Waals surface area contributed by atoms with E-state index in [-0.39, 0.29) is 30.6 Å². The summed E-state index contributed by atoms with van der Waals surface area (Å²) in [5, 5.41) is 41.8. The summed E-state index contributed by atoms with van der Waals surface area (Å²) in [6, 6.07) is 0.0391. The highest BCUT2D eigenvalue weighted by atomic mass is 16.5. The molecule has 1 amide bonds. The van der Waals surface area contributed by atoms with Crippen LogP contribution in [0.15, 0.2) is 83.1 Å². The Hall–Kier alpha value is -2.55. The van der Waals surface area contributed by atoms with Gasteiger partial charge in [-0.1, -0.05) is 74.6 Å². The summed E-state index contributed by atoms with van der Waals surface area (Å²) >= 11 is 0. The number of hydrogen-bond donors (Lipinski definition) is 4. The Bertz CT molecular complexity index is 1450. The van der Waals surface area contributed by atoms with Crippen molar-refractivity contribution >= 4 is 5.91 Å². The molecule has 0 radical (unpaired) electrons. The monoisotopic (exact) mass is 673 g/mol. The number of carbonyl (C=O) groups is 1. The zero-order valence-corrected chi connectivity index (χ0v) is 29.9. The molecule has 0 spiro atoms. The van der Waals surface area contributed by atoms with Crippen molar-refractivity contribution in [3.8, 4) is 0 Å². The molecule has 1 saturated heterocycles. The van der Waals surface area contributed by atoms with Gasteiger partial charge in [0.05, 0.1) is 6.10 Å². The fourth-order valence-corrected chi connectivity index (χ4v) is 10.3. The number of allylic oxidation sites excluding steroid dienone is 10. The average molecular weight is 674 g/mol. The largest absolute Gasteiger partial charge is 0.396 e. The Morgan fingerprint density at radius 3 is 2.80 bits per heavy atom. The maximum absolute atomic E-state index is 13.5. The molecule has 1 aliphatic heterocycles. The molecule has 3 unspecified atom stereocenters. The number of nitrogens with zero attached hydrogens (tertiary/aromatic N) is 1. The van der Waals surface area contributed by atoms with Gasteiger partial charge in [0.2, 0.25) is 0 Å². The standard InChI is InChI=1S/C42H59NO6/c1-27(23-34-26-42(4,48)40(47)43(34)20-18-29-12-13-30-9-5-6-10-33(30)24-29)35-16-17-36-31(11-7-19-41(35,36)3)14-15-32-25-37(45)39(38(46)28(32)2)49-22-8-21-44/h5-6,9-10,12,14-15,24,27,30,34-39,44-46,48H,2,7-8,11,13,16-23,25-26H2,1,3-4H3/b31-14+,32-15-/t27-,30?,34?,35-,36+,37-,38-,39+,41-,42?/m1/s1. The summed E-state index contributed by atoms with van der Waals surface area (Å²) in [5.41, 5.74) is 4.42. The first-order valence-corrected chi connectivity index (χ1v) is 18.9. The van der Waals surface area contributed by atoms with E-state index in [1.807, 2.05) is 4.90 Å². The molecule has 268 valence electrons. The Balaban J connectivity index is 1.10. The molecular weight excluding hydrogens is 614 g/mol. The van der Waals surface area contributed by atoms with Gasteiger partial charge in [-0.25, -0.2) is 0 Å². The lowest BCUT2D eigenvalue weighted by Crippen LogP contribution is -2.45. The van der Waals surface area contributed by atoms with Crippen molar-refractivity contribution in [3.63, 3.8) is 0 Å². The van der Waals surface area contributed by atoms with Crippen molar-refractivity contribution in [2.45, 2.75) is 121 Å². The predicted molar refractivity (Wildman–Crippen MR) is 193 cm³/mol. The highest BCUT2D eigenvalue weighted by Gasteiger charge is 2.53. The van der Waals surface area contributed by atoms with Crippen molar-refractivity contribution in [2.24, 2.45) is 29.1 Å². The number of rotatable bonds is 11. The van der Waals surface area contributed by atoms with Crippen molar-refractivity contribution in [3.05, 3.63) is 83.1 Å². The maximum atomic E-state index is 13.5. The van der Waals surface area contributed by atoms with E-state index in [4.69, 9.17) is 9.84 Å². The van der Waals surface area contributed by atoms with E-state index in [1.54, 1.807) is 6.92 Å². The van der Waals surface area contributed by atoms with E-state index in [0.717, 1.165) is 50.5 Å². The zero-order chi connectivity index (χ0) is 34.9. The Labute approximate surface area is 293 Å². The quantitative estimate of drug-likeness (QED) is 0.193. The highest BCUT2D eigenvalue weighted by Crippen LogP contribution is 2.60. The van der Waals surface area contributed by atoms with Crippen molar-refractivity contribution in [2.75, 3.05) is 19.8 Å². The molecule has 3 saturated carbocycles. The number of aliphatic hydroxyl groups is 4. The minimum Gasteiger partial charge on any atom is -0.396 e. The van der Waals surface area contributed by atoms with Crippen LogP contribution < -0.4 is 0 Å². The molecule has 1 heterocycles. The lowest BCUT2D eigenvalue weighted by molar-refractivity contribution is -0.142. The SMILES string of the molecule is C=C1/C(=C\C=C2/CCC[C@]3(C)[C@@H]([C@H](C)CC4CC(C)(O)C(=O)N4CCC4=CCC5C=CC=CC5=C4)CC[C@@H]23)C[C@@H](O)[C@H](OCCCO)[C@@H]1O. The molecule has 6 rings (SSSR count). The molecule has 7 heteroatoms. The van der Waals surface area contributed by atoms with Crippen LogP contribution in [0.1, 0.15) is 91.4 Å². The Kier molecular flexibility index (Phi) is 11.1. The lowest BCUT2D eigenvalue weighted by atomic mass is 9.60. The normalized spacial score (nSPS) is 39.7. The number of carbonyl (C=O) groups excluding carboxylic acids is 1. The molecule has 0 aromatic heterocycles. The van der Waals surface area contributed by atoms with Gasteiger partial charge in [0, 0.05) is 44.6 Å². The van der Waals surface area contributed by atoms with Crippen LogP contribution in [0.2, 0.25) is 0 Å². The first kappa shape index (κ1) is 36.2. The molecule has 4 fully saturated rings. The van der Waals surface area contributed by atoms with E-state index >= 15 is 0 Å². The maximum Gasteiger partial charge on any atom is 0.254 e. The molecule has 4 N–H and O–H groups in total. The summed E-state index contributed by atoms with van der Waals surface area (Å²) < 4.78 is 5.69. The summed E-state index contributed by atoms with van der Waals surface area (Å²) in [6.07, 6.45) is 24.8. The number of aliphatic hydroxyl groups excluding tert-OH is 3. The van der Waals surface area contributed by atoms with Gasteiger partial charge in [0.25, 0.3) is 5.91 Å². The first-order chi connectivity index (χ1) is 23.4. The molecular formula is C42H59NO6. The molecule has 0 aromatic rings. The van der Waals surface area contributed by atoms with E-state index in [2.05, 4.69) is 69.0 Å². The van der Waals surface area contributed by atoms with E-state index in [1.165, 1.54) is 23.1 Å². The van der Waals surface area contributed by atoms with Crippen molar-refractivity contribution in [1.29, 1.82) is 0 Å². The zero-order valence-electron chi connectivity index (χ0n) is 29.9. The number of fused-ring (bicyclic) bond motifs is 2. The van der Waals surface area contributed by atoms with Crippen LogP contribution in [0.3, 0.4) is 0 Å². The van der Waals surface area contributed by atoms with E-state index < -0.39 is 23.9 Å². The van der Waals surface area contributed by atoms with Gasteiger partial charge >= 0.3 is 0 Å². The van der Waals surface area contributed by atoms with Crippen LogP contribution in [0, 0.1) is 29.1 Å². The number of hydrogen-bond acceptors (Lipinski definition) is 6. The Morgan fingerprint density at radius 1 is 1.18 bits per heavy atom. The topological polar surface area (TPSA) is 110 Å². The number of ether oxygens (including phenoxy) is 1. The van der Waals surface area contributed by atoms with Crippen LogP contribution in [-0.4, -0.2) is 80.9 Å². The minimum atomic E-state index is -1.31. The van der Waals surface area contributed by atoms with Crippen molar-refractivity contribution < 1.29 is 30.0 Å². The number of amides is 1. The molecule has 7 nitrogen and oxygen atoms in total. The summed E-state index contributed by atoms with van der Waals surface area (Å²) in [7, 11) is 0. The van der Waals surface area contributed by atoms with Crippen LogP contribution in [-0.2, 0) is 9.53 Å². The smallest absolute Gasteiger partial charge is 0.254 e. The number of likely N-dealkylation sites (tertiary alicyclic amines) is 1. The van der Waals surface area contributed by atoms with Gasteiger partial charge in [-0.05, 0) is 110 Å². The minimum absolute atomic E-state index is 0.00732. The molecule has 6 aliphatic rings. The van der Waals surface area contributed by atoms with Crippen LogP contribution in [0.25, 0.3) is 0 Å². The second kappa shape index (κ2) is 15.0. The fraction of sp³-hybridized carbons (Fsp3) is 0.643. The van der Waals surface area contributed by atoms with Crippen LogP contribution in [0.5, 0.6) is 0 Å². The third-order valence-electron chi connectivity index (χ3n) is 13.0. The molecule has 49 heavy (non-hydrogen) atoms. The van der Waals surface area contributed by atoms with Gasteiger partial charge in [0.1, 0.15) is 17.8 Å². The highest BCUT2D eigenvalue weighted by molar-refractivity contribution is 5.87. The second-order valence-corrected chi connectivity index (χ2v) is 16.3. The first-order valence-electron chi connectivity index (χ1n) is 18.9. The van der Waals surface area contributed by atoms with Crippen molar-refractivity contribution in [1.82, 2.24) is 4.90 Å². The van der Waals surface area contributed by atoms with Gasteiger partial charge in [0.15, 0.2) is 0 Å². The van der Waals surface area contributed by atoms with Gasteiger partial charge in [-0.3, -0.25) is 4.79 Å². The third kappa shape index (κ3) is 7.43. The average Bonchev–Trinajstić information content (AvgIpc) is 3.54. The Morgan fingerprint density at radius 2 is 2.00 bits per heavy atom. The van der Waals surface area contributed by atoms with E-state index in [9.17, 15) is 20.1 Å². The van der Waals surface area contributed by atoms with Gasteiger partial charge in [-0.2, -0.15) is 0 Å². The van der Waals surface area contributed by atoms with Crippen LogP contribution >= 0.6 is 0 Å². The lowest BCUT2D eigenvalue weighted by Gasteiger charge is -2.45. The predicted octanol–water partition coefficient (Wildman–Crippen LogP) is 6.27.